The molecule has 0 amide bonds. The van der Waals surface area contributed by atoms with Crippen molar-refractivity contribution in [3.63, 3.8) is 0 Å². The summed E-state index contributed by atoms with van der Waals surface area (Å²) >= 11 is 0. The Bertz CT molecular complexity index is 873. The van der Waals surface area contributed by atoms with E-state index in [9.17, 15) is 8.42 Å². The SMILES string of the molecule is CC(C)(c1ccccc1)N1C(O[Si](C)(C)C)c2ccccc2S1(=O)=O. The molecule has 0 spiro atoms. The second kappa shape index (κ2) is 6.05. The van der Waals surface area contributed by atoms with Gasteiger partial charge >= 0.3 is 0 Å². The van der Waals surface area contributed by atoms with E-state index in [0.29, 0.717) is 4.90 Å². The van der Waals surface area contributed by atoms with Gasteiger partial charge in [0.25, 0.3) is 0 Å². The van der Waals surface area contributed by atoms with E-state index < -0.39 is 30.1 Å². The van der Waals surface area contributed by atoms with Crippen molar-refractivity contribution in [1.29, 1.82) is 0 Å². The van der Waals surface area contributed by atoms with Gasteiger partial charge in [-0.3, -0.25) is 0 Å². The van der Waals surface area contributed by atoms with Crippen molar-refractivity contribution < 1.29 is 12.8 Å². The maximum atomic E-state index is 13.4. The van der Waals surface area contributed by atoms with Crippen LogP contribution in [0.15, 0.2) is 59.5 Å². The summed E-state index contributed by atoms with van der Waals surface area (Å²) < 4.78 is 34.6. The Morgan fingerprint density at radius 1 is 0.960 bits per heavy atom. The minimum atomic E-state index is -3.64. The third kappa shape index (κ3) is 3.19. The Kier molecular flexibility index (Phi) is 4.44. The zero-order valence-electron chi connectivity index (χ0n) is 15.4. The third-order valence-electron chi connectivity index (χ3n) is 4.43. The van der Waals surface area contributed by atoms with E-state index in [1.54, 1.807) is 12.1 Å². The molecule has 1 aliphatic heterocycles. The molecule has 2 aromatic rings. The zero-order chi connectivity index (χ0) is 18.5. The van der Waals surface area contributed by atoms with Crippen LogP contribution in [0, 0.1) is 0 Å². The molecule has 1 unspecified atom stereocenters. The van der Waals surface area contributed by atoms with Crippen LogP contribution in [0.3, 0.4) is 0 Å². The molecular weight excluding hydrogens is 350 g/mol. The van der Waals surface area contributed by atoms with Gasteiger partial charge in [-0.15, -0.1) is 0 Å². The van der Waals surface area contributed by atoms with E-state index in [2.05, 4.69) is 19.6 Å². The predicted octanol–water partition coefficient (Wildman–Crippen LogP) is 4.48. The maximum Gasteiger partial charge on any atom is 0.246 e. The fourth-order valence-corrected chi connectivity index (χ4v) is 6.31. The minimum absolute atomic E-state index is 0.349. The van der Waals surface area contributed by atoms with Crippen LogP contribution in [0.2, 0.25) is 19.6 Å². The average Bonchev–Trinajstić information content (AvgIpc) is 2.75. The molecule has 1 aliphatic rings. The van der Waals surface area contributed by atoms with Crippen LogP contribution in [0.5, 0.6) is 0 Å². The summed E-state index contributed by atoms with van der Waals surface area (Å²) in [6, 6.07) is 16.9. The minimum Gasteiger partial charge on any atom is -0.398 e. The molecule has 25 heavy (non-hydrogen) atoms. The first-order valence-corrected chi connectivity index (χ1v) is 13.3. The lowest BCUT2D eigenvalue weighted by Crippen LogP contribution is -2.46. The van der Waals surface area contributed by atoms with Crippen LogP contribution in [0.25, 0.3) is 0 Å². The number of sulfonamides is 1. The molecule has 4 nitrogen and oxygen atoms in total. The van der Waals surface area contributed by atoms with Crippen molar-refractivity contribution in [3.05, 3.63) is 65.7 Å². The normalized spacial score (nSPS) is 20.4. The van der Waals surface area contributed by atoms with Gasteiger partial charge in [0.2, 0.25) is 10.0 Å². The van der Waals surface area contributed by atoms with Gasteiger partial charge in [0.1, 0.15) is 6.23 Å². The molecule has 0 bridgehead atoms. The Balaban J connectivity index is 2.19. The maximum absolute atomic E-state index is 13.4. The Hall–Kier alpha value is -1.47. The van der Waals surface area contributed by atoms with Gasteiger partial charge in [-0.25, -0.2) is 8.42 Å². The van der Waals surface area contributed by atoms with E-state index in [1.165, 1.54) is 4.31 Å². The predicted molar refractivity (Wildman–Crippen MR) is 102 cm³/mol. The van der Waals surface area contributed by atoms with Crippen LogP contribution in [-0.2, 0) is 20.0 Å². The van der Waals surface area contributed by atoms with Gasteiger partial charge in [-0.05, 0) is 45.1 Å². The Labute approximate surface area is 151 Å². The number of fused-ring (bicyclic) bond motifs is 1. The van der Waals surface area contributed by atoms with Gasteiger partial charge in [0.15, 0.2) is 8.32 Å². The first-order chi connectivity index (χ1) is 11.5. The molecule has 6 heteroatoms. The van der Waals surface area contributed by atoms with E-state index in [1.807, 2.05) is 56.3 Å². The topological polar surface area (TPSA) is 46.6 Å². The van der Waals surface area contributed by atoms with Gasteiger partial charge < -0.3 is 4.43 Å². The first-order valence-electron chi connectivity index (χ1n) is 8.42. The lowest BCUT2D eigenvalue weighted by atomic mass is 9.93. The summed E-state index contributed by atoms with van der Waals surface area (Å²) in [4.78, 5) is 0.349. The summed E-state index contributed by atoms with van der Waals surface area (Å²) in [5, 5.41) is 0. The van der Waals surface area contributed by atoms with E-state index in [-0.39, 0.29) is 0 Å². The molecule has 3 rings (SSSR count). The molecule has 0 saturated heterocycles. The van der Waals surface area contributed by atoms with E-state index in [0.717, 1.165) is 11.1 Å². The molecule has 0 saturated carbocycles. The molecule has 134 valence electrons. The van der Waals surface area contributed by atoms with Crippen molar-refractivity contribution >= 4 is 18.3 Å². The van der Waals surface area contributed by atoms with Crippen LogP contribution in [-0.4, -0.2) is 21.0 Å². The van der Waals surface area contributed by atoms with Gasteiger partial charge in [0.05, 0.1) is 10.4 Å². The Morgan fingerprint density at radius 3 is 2.12 bits per heavy atom. The van der Waals surface area contributed by atoms with Crippen LogP contribution in [0.1, 0.15) is 31.2 Å². The highest BCUT2D eigenvalue weighted by Crippen LogP contribution is 2.48. The molecule has 0 fully saturated rings. The lowest BCUT2D eigenvalue weighted by Gasteiger charge is -2.40. The van der Waals surface area contributed by atoms with Crippen LogP contribution >= 0.6 is 0 Å². The second-order valence-corrected chi connectivity index (χ2v) is 14.1. The van der Waals surface area contributed by atoms with Crippen molar-refractivity contribution in [2.75, 3.05) is 0 Å². The number of hydrogen-bond acceptors (Lipinski definition) is 3. The van der Waals surface area contributed by atoms with E-state index >= 15 is 0 Å². The summed E-state index contributed by atoms with van der Waals surface area (Å²) in [5.74, 6) is 0. The first kappa shape index (κ1) is 18.3. The van der Waals surface area contributed by atoms with Gasteiger partial charge in [0, 0.05) is 5.56 Å². The molecular formula is C19H25NO3SSi. The summed E-state index contributed by atoms with van der Waals surface area (Å²) in [7, 11) is -5.62. The standard InChI is InChI=1S/C19H25NO3SSi/c1-19(2,15-11-7-6-8-12-15)20-18(23-25(3,4)5)16-13-9-10-14-17(16)24(20,21)22/h6-14,18H,1-5H3. The van der Waals surface area contributed by atoms with Crippen molar-refractivity contribution in [1.82, 2.24) is 4.31 Å². The number of nitrogens with zero attached hydrogens (tertiary/aromatic N) is 1. The van der Waals surface area contributed by atoms with Gasteiger partial charge in [-0.2, -0.15) is 4.31 Å². The number of hydrogen-bond donors (Lipinski definition) is 0. The van der Waals surface area contributed by atoms with Crippen LogP contribution in [0.4, 0.5) is 0 Å². The zero-order valence-corrected chi connectivity index (χ0v) is 17.2. The monoisotopic (exact) mass is 375 g/mol. The highest BCUT2D eigenvalue weighted by Gasteiger charge is 2.51. The highest BCUT2D eigenvalue weighted by atomic mass is 32.2. The summed E-state index contributed by atoms with van der Waals surface area (Å²) in [5.41, 5.74) is 0.938. The molecule has 0 aromatic heterocycles. The largest absolute Gasteiger partial charge is 0.398 e. The summed E-state index contributed by atoms with van der Waals surface area (Å²) in [6.45, 7) is 10.1. The average molecular weight is 376 g/mol. The van der Waals surface area contributed by atoms with Crippen molar-refractivity contribution in [2.24, 2.45) is 0 Å². The lowest BCUT2D eigenvalue weighted by molar-refractivity contribution is 0.0266. The fourth-order valence-electron chi connectivity index (χ4n) is 3.29. The highest BCUT2D eigenvalue weighted by molar-refractivity contribution is 7.89. The second-order valence-electron chi connectivity index (χ2n) is 7.85. The van der Waals surface area contributed by atoms with Crippen LogP contribution < -0.4 is 0 Å². The Morgan fingerprint density at radius 2 is 1.52 bits per heavy atom. The molecule has 2 aromatic carbocycles. The molecule has 0 aliphatic carbocycles. The van der Waals surface area contributed by atoms with Crippen molar-refractivity contribution in [2.45, 2.75) is 50.2 Å². The third-order valence-corrected chi connectivity index (χ3v) is 7.46. The summed E-state index contributed by atoms with van der Waals surface area (Å²) in [6.07, 6.45) is -0.594. The quantitative estimate of drug-likeness (QED) is 0.741. The van der Waals surface area contributed by atoms with Gasteiger partial charge in [-0.1, -0.05) is 48.5 Å². The molecule has 1 atom stereocenters. The molecule has 1 heterocycles. The molecule has 0 N–H and O–H groups in total. The van der Waals surface area contributed by atoms with E-state index in [4.69, 9.17) is 4.43 Å². The fraction of sp³-hybridized carbons (Fsp3) is 0.368. The van der Waals surface area contributed by atoms with Crippen molar-refractivity contribution in [3.8, 4) is 0 Å². The number of rotatable bonds is 4. The smallest absolute Gasteiger partial charge is 0.246 e. The number of benzene rings is 2. The molecule has 0 radical (unpaired) electrons.